The van der Waals surface area contributed by atoms with E-state index in [0.717, 1.165) is 5.56 Å². The van der Waals surface area contributed by atoms with Crippen LogP contribution in [0.3, 0.4) is 0 Å². The Morgan fingerprint density at radius 1 is 1.21 bits per heavy atom. The zero-order chi connectivity index (χ0) is 23.1. The molecule has 3 atom stereocenters. The van der Waals surface area contributed by atoms with Crippen molar-refractivity contribution in [1.82, 2.24) is 20.7 Å². The smallest absolute Gasteiger partial charge is 0.329 e. The van der Waals surface area contributed by atoms with Crippen LogP contribution in [-0.2, 0) is 14.3 Å². The number of ether oxygens (including phenoxy) is 2. The summed E-state index contributed by atoms with van der Waals surface area (Å²) in [5, 5.41) is 13.9. The number of carbonyl (C=O) groups excluding carboxylic acids is 1. The highest BCUT2D eigenvalue weighted by Gasteiger charge is 2.49. The molecule has 10 nitrogen and oxygen atoms in total. The molecule has 0 aliphatic carbocycles. The summed E-state index contributed by atoms with van der Waals surface area (Å²) in [6.07, 6.45) is -1.23. The van der Waals surface area contributed by atoms with Crippen molar-refractivity contribution in [1.29, 1.82) is 0 Å². The minimum atomic E-state index is -1.09. The lowest BCUT2D eigenvalue weighted by Crippen LogP contribution is -2.54. The second kappa shape index (κ2) is 8.23. The number of benzene rings is 2. The number of allylic oxidation sites excluding steroid dienone is 1. The fourth-order valence-electron chi connectivity index (χ4n) is 4.32. The molecule has 33 heavy (non-hydrogen) atoms. The van der Waals surface area contributed by atoms with Gasteiger partial charge in [0.05, 0.1) is 13.0 Å². The number of rotatable bonds is 6. The van der Waals surface area contributed by atoms with E-state index in [2.05, 4.69) is 15.7 Å². The number of hydrogen-bond acceptors (Lipinski definition) is 8. The van der Waals surface area contributed by atoms with Gasteiger partial charge in [-0.15, -0.1) is 0 Å². The molecular formula is C23H22N4O6. The number of oxazole rings is 1. The number of aromatic nitrogens is 1. The molecule has 0 spiro atoms. The van der Waals surface area contributed by atoms with E-state index in [-0.39, 0.29) is 23.3 Å². The Kier molecular flexibility index (Phi) is 5.23. The lowest BCUT2D eigenvalue weighted by Gasteiger charge is -2.34. The van der Waals surface area contributed by atoms with E-state index in [1.54, 1.807) is 32.2 Å². The molecule has 0 bridgehead atoms. The molecule has 5 rings (SSSR count). The topological polar surface area (TPSA) is 126 Å². The summed E-state index contributed by atoms with van der Waals surface area (Å²) in [7, 11) is 1.54. The van der Waals surface area contributed by atoms with Gasteiger partial charge in [0.15, 0.2) is 11.1 Å². The SMILES string of the molecule is COc1cccc2oc(C3=C(C)NC4C(c5ccccc5)C(OCC(=O)O)NN4C3=O)nc12. The summed E-state index contributed by atoms with van der Waals surface area (Å²) < 4.78 is 16.8. The zero-order valence-electron chi connectivity index (χ0n) is 17.9. The maximum atomic E-state index is 13.6. The number of fused-ring (bicyclic) bond motifs is 2. The van der Waals surface area contributed by atoms with E-state index in [1.165, 1.54) is 5.01 Å². The van der Waals surface area contributed by atoms with Crippen molar-refractivity contribution >= 4 is 28.5 Å². The minimum Gasteiger partial charge on any atom is -0.494 e. The van der Waals surface area contributed by atoms with Crippen LogP contribution in [0.5, 0.6) is 5.75 Å². The molecule has 3 heterocycles. The third kappa shape index (κ3) is 3.59. The van der Waals surface area contributed by atoms with Crippen LogP contribution in [-0.4, -0.2) is 53.1 Å². The van der Waals surface area contributed by atoms with Crippen LogP contribution in [0.4, 0.5) is 0 Å². The first-order valence-electron chi connectivity index (χ1n) is 10.4. The number of hydrogen-bond donors (Lipinski definition) is 3. The third-order valence-corrected chi connectivity index (χ3v) is 5.77. The molecule has 3 N–H and O–H groups in total. The van der Waals surface area contributed by atoms with Gasteiger partial charge in [0.25, 0.3) is 5.91 Å². The number of carbonyl (C=O) groups is 2. The molecule has 1 aromatic heterocycles. The van der Waals surface area contributed by atoms with Crippen LogP contribution >= 0.6 is 0 Å². The predicted molar refractivity (Wildman–Crippen MR) is 117 cm³/mol. The molecule has 170 valence electrons. The van der Waals surface area contributed by atoms with Gasteiger partial charge in [-0.3, -0.25) is 4.79 Å². The third-order valence-electron chi connectivity index (χ3n) is 5.77. The summed E-state index contributed by atoms with van der Waals surface area (Å²) in [6, 6.07) is 14.8. The van der Waals surface area contributed by atoms with Crippen LogP contribution in [0.25, 0.3) is 16.7 Å². The quantitative estimate of drug-likeness (QED) is 0.517. The van der Waals surface area contributed by atoms with E-state index < -0.39 is 25.0 Å². The number of methoxy groups -OCH3 is 1. The summed E-state index contributed by atoms with van der Waals surface area (Å²) in [5.74, 6) is -1.10. The van der Waals surface area contributed by atoms with Crippen molar-refractivity contribution in [3.05, 3.63) is 65.7 Å². The summed E-state index contributed by atoms with van der Waals surface area (Å²) in [4.78, 5) is 29.2. The van der Waals surface area contributed by atoms with Gasteiger partial charge in [-0.2, -0.15) is 0 Å². The molecule has 2 aromatic carbocycles. The van der Waals surface area contributed by atoms with Crippen LogP contribution in [0.2, 0.25) is 0 Å². The molecule has 1 amide bonds. The normalized spacial score (nSPS) is 22.4. The van der Waals surface area contributed by atoms with Gasteiger partial charge in [-0.25, -0.2) is 20.2 Å². The Balaban J connectivity index is 1.53. The van der Waals surface area contributed by atoms with Gasteiger partial charge in [0.2, 0.25) is 5.89 Å². The Hall–Kier alpha value is -3.89. The molecule has 3 unspecified atom stereocenters. The van der Waals surface area contributed by atoms with Crippen molar-refractivity contribution < 1.29 is 28.6 Å². The molecule has 10 heteroatoms. The molecule has 1 fully saturated rings. The number of amides is 1. The first-order chi connectivity index (χ1) is 16.0. The second-order valence-corrected chi connectivity index (χ2v) is 7.78. The van der Waals surface area contributed by atoms with Crippen molar-refractivity contribution in [2.75, 3.05) is 13.7 Å². The van der Waals surface area contributed by atoms with E-state index in [9.17, 15) is 9.59 Å². The Labute approximate surface area is 188 Å². The first-order valence-corrected chi connectivity index (χ1v) is 10.4. The van der Waals surface area contributed by atoms with Crippen LogP contribution < -0.4 is 15.5 Å². The lowest BCUT2D eigenvalue weighted by atomic mass is 9.94. The highest BCUT2D eigenvalue weighted by molar-refractivity contribution is 6.20. The molecule has 0 radical (unpaired) electrons. The average molecular weight is 450 g/mol. The number of carboxylic acids is 1. The van der Waals surface area contributed by atoms with E-state index in [4.69, 9.17) is 19.0 Å². The zero-order valence-corrected chi connectivity index (χ0v) is 17.9. The maximum Gasteiger partial charge on any atom is 0.329 e. The number of nitrogens with one attached hydrogen (secondary N) is 2. The number of nitrogens with zero attached hydrogens (tertiary/aromatic N) is 2. The minimum absolute atomic E-state index is 0.163. The van der Waals surface area contributed by atoms with Crippen LogP contribution in [0.15, 0.2) is 58.6 Å². The van der Waals surface area contributed by atoms with Crippen LogP contribution in [0, 0.1) is 0 Å². The molecular weight excluding hydrogens is 428 g/mol. The van der Waals surface area contributed by atoms with E-state index in [1.807, 2.05) is 30.3 Å². The number of aliphatic carboxylic acids is 1. The average Bonchev–Trinajstić information content (AvgIpc) is 3.39. The van der Waals surface area contributed by atoms with Crippen molar-refractivity contribution in [3.8, 4) is 5.75 Å². The van der Waals surface area contributed by atoms with Gasteiger partial charge >= 0.3 is 5.97 Å². The molecule has 0 saturated carbocycles. The molecule has 2 aliphatic rings. The number of para-hydroxylation sites is 1. The monoisotopic (exact) mass is 450 g/mol. The fourth-order valence-corrected chi connectivity index (χ4v) is 4.32. The highest BCUT2D eigenvalue weighted by Crippen LogP contribution is 2.38. The summed E-state index contributed by atoms with van der Waals surface area (Å²) in [5.41, 5.74) is 5.80. The van der Waals surface area contributed by atoms with Gasteiger partial charge in [-0.05, 0) is 24.6 Å². The fraction of sp³-hybridized carbons (Fsp3) is 0.261. The van der Waals surface area contributed by atoms with E-state index >= 15 is 0 Å². The van der Waals surface area contributed by atoms with Gasteiger partial charge in [0, 0.05) is 5.70 Å². The second-order valence-electron chi connectivity index (χ2n) is 7.78. The Morgan fingerprint density at radius 3 is 2.73 bits per heavy atom. The lowest BCUT2D eigenvalue weighted by molar-refractivity contribution is -0.145. The van der Waals surface area contributed by atoms with Gasteiger partial charge < -0.3 is 24.3 Å². The Bertz CT molecular complexity index is 1250. The van der Waals surface area contributed by atoms with Gasteiger partial charge in [-0.1, -0.05) is 36.4 Å². The summed E-state index contributed by atoms with van der Waals surface area (Å²) in [6.45, 7) is 1.28. The summed E-state index contributed by atoms with van der Waals surface area (Å²) >= 11 is 0. The molecule has 2 aliphatic heterocycles. The van der Waals surface area contributed by atoms with E-state index in [0.29, 0.717) is 22.5 Å². The Morgan fingerprint density at radius 2 is 2.00 bits per heavy atom. The van der Waals surface area contributed by atoms with Crippen molar-refractivity contribution in [2.24, 2.45) is 0 Å². The van der Waals surface area contributed by atoms with Crippen LogP contribution in [0.1, 0.15) is 24.3 Å². The first kappa shape index (κ1) is 21.0. The number of hydrazine groups is 1. The molecule has 1 saturated heterocycles. The van der Waals surface area contributed by atoms with Crippen molar-refractivity contribution in [3.63, 3.8) is 0 Å². The standard InChI is InChI=1S/C23H22N4O6/c1-12-17(21-25-19-14(31-2)9-6-10-15(19)33-21)23(30)27-20(24-12)18(13-7-4-3-5-8-13)22(26-27)32-11-16(28)29/h3-10,18,20,22,24,26H,11H2,1-2H3,(H,28,29). The van der Waals surface area contributed by atoms with Crippen molar-refractivity contribution in [2.45, 2.75) is 25.2 Å². The predicted octanol–water partition coefficient (Wildman–Crippen LogP) is 2.05. The maximum absolute atomic E-state index is 13.6. The number of carboxylic acid groups (broad SMARTS) is 1. The highest BCUT2D eigenvalue weighted by atomic mass is 16.5. The molecule has 3 aromatic rings. The largest absolute Gasteiger partial charge is 0.494 e. The van der Waals surface area contributed by atoms with Gasteiger partial charge in [0.1, 0.15) is 30.3 Å².